The van der Waals surface area contributed by atoms with Crippen LogP contribution in [0.25, 0.3) is 6.08 Å². The molecule has 3 aromatic rings. The average molecular weight is 515 g/mol. The minimum Gasteiger partial charge on any atom is -0.493 e. The smallest absolute Gasteiger partial charge is 0.343 e. The van der Waals surface area contributed by atoms with Crippen molar-refractivity contribution < 1.29 is 33.3 Å². The number of hydrogen-bond donors (Lipinski definition) is 0. The van der Waals surface area contributed by atoms with E-state index in [-0.39, 0.29) is 22.9 Å². The van der Waals surface area contributed by atoms with Crippen molar-refractivity contribution in [3.63, 3.8) is 0 Å². The number of ether oxygens (including phenoxy) is 5. The molecule has 0 saturated heterocycles. The monoisotopic (exact) mass is 514 g/mol. The van der Waals surface area contributed by atoms with Gasteiger partial charge in [0.15, 0.2) is 17.3 Å². The molecule has 1 aliphatic rings. The van der Waals surface area contributed by atoms with E-state index in [1.165, 1.54) is 33.5 Å². The number of ketones is 1. The molecule has 180 valence electrons. The fraction of sp³-hybridized carbons (Fsp3) is 0.154. The summed E-state index contributed by atoms with van der Waals surface area (Å²) >= 11 is 12.0. The van der Waals surface area contributed by atoms with E-state index in [0.717, 1.165) is 0 Å². The van der Waals surface area contributed by atoms with Gasteiger partial charge in [-0.15, -0.1) is 0 Å². The molecular weight excluding hydrogens is 495 g/mol. The SMILES string of the molecule is COc1cc(C(=O)Oc2ccc3c(c2C)O/C(=C\c2ccc(Cl)c(Cl)c2)C3=O)cc(OC)c1OC. The van der Waals surface area contributed by atoms with Crippen molar-refractivity contribution in [1.29, 1.82) is 0 Å². The molecular formula is C26H20Cl2O7. The van der Waals surface area contributed by atoms with Gasteiger partial charge in [-0.3, -0.25) is 4.79 Å². The van der Waals surface area contributed by atoms with Crippen LogP contribution in [0, 0.1) is 6.92 Å². The normalized spacial score (nSPS) is 13.3. The molecule has 35 heavy (non-hydrogen) atoms. The number of fused-ring (bicyclic) bond motifs is 1. The molecule has 0 radical (unpaired) electrons. The summed E-state index contributed by atoms with van der Waals surface area (Å²) in [7, 11) is 4.38. The average Bonchev–Trinajstić information content (AvgIpc) is 3.17. The number of methoxy groups -OCH3 is 3. The quantitative estimate of drug-likeness (QED) is 0.221. The Morgan fingerprint density at radius 2 is 1.57 bits per heavy atom. The van der Waals surface area contributed by atoms with E-state index < -0.39 is 5.97 Å². The molecule has 0 spiro atoms. The lowest BCUT2D eigenvalue weighted by atomic mass is 10.1. The molecule has 0 aromatic heterocycles. The molecule has 0 unspecified atom stereocenters. The number of benzene rings is 3. The summed E-state index contributed by atoms with van der Waals surface area (Å²) in [6.45, 7) is 1.70. The minimum absolute atomic E-state index is 0.120. The van der Waals surface area contributed by atoms with Gasteiger partial charge in [-0.2, -0.15) is 0 Å². The summed E-state index contributed by atoms with van der Waals surface area (Å²) in [4.78, 5) is 25.8. The van der Waals surface area contributed by atoms with Gasteiger partial charge >= 0.3 is 5.97 Å². The Labute approximate surface area is 211 Å². The fourth-order valence-corrected chi connectivity index (χ4v) is 3.90. The zero-order valence-corrected chi connectivity index (χ0v) is 20.7. The van der Waals surface area contributed by atoms with Crippen molar-refractivity contribution in [2.24, 2.45) is 0 Å². The van der Waals surface area contributed by atoms with Crippen LogP contribution in [0.5, 0.6) is 28.7 Å². The van der Waals surface area contributed by atoms with Crippen molar-refractivity contribution in [2.45, 2.75) is 6.92 Å². The van der Waals surface area contributed by atoms with Gasteiger partial charge < -0.3 is 23.7 Å². The third kappa shape index (κ3) is 4.65. The number of carbonyl (C=O) groups excluding carboxylic acids is 2. The van der Waals surface area contributed by atoms with Crippen molar-refractivity contribution >= 4 is 41.0 Å². The van der Waals surface area contributed by atoms with E-state index >= 15 is 0 Å². The van der Waals surface area contributed by atoms with E-state index in [0.29, 0.717) is 49.7 Å². The van der Waals surface area contributed by atoms with Gasteiger partial charge in [-0.25, -0.2) is 4.79 Å². The maximum atomic E-state index is 12.9. The van der Waals surface area contributed by atoms with Crippen LogP contribution in [0.2, 0.25) is 10.0 Å². The van der Waals surface area contributed by atoms with Crippen LogP contribution in [0.4, 0.5) is 0 Å². The highest BCUT2D eigenvalue weighted by molar-refractivity contribution is 6.42. The summed E-state index contributed by atoms with van der Waals surface area (Å²) in [6, 6.07) is 11.1. The zero-order valence-electron chi connectivity index (χ0n) is 19.2. The van der Waals surface area contributed by atoms with Gasteiger partial charge in [0.1, 0.15) is 11.5 Å². The van der Waals surface area contributed by atoms with Crippen molar-refractivity contribution in [3.05, 3.63) is 80.5 Å². The van der Waals surface area contributed by atoms with Gasteiger partial charge in [-0.1, -0.05) is 29.3 Å². The highest BCUT2D eigenvalue weighted by atomic mass is 35.5. The molecule has 0 N–H and O–H groups in total. The Kier molecular flexibility index (Phi) is 6.91. The van der Waals surface area contributed by atoms with Gasteiger partial charge in [0.2, 0.25) is 11.5 Å². The second-order valence-electron chi connectivity index (χ2n) is 7.48. The van der Waals surface area contributed by atoms with Gasteiger partial charge in [0.05, 0.1) is 42.5 Å². The zero-order chi connectivity index (χ0) is 25.3. The lowest BCUT2D eigenvalue weighted by Crippen LogP contribution is -2.10. The van der Waals surface area contributed by atoms with Gasteiger partial charge in [0.25, 0.3) is 0 Å². The summed E-state index contributed by atoms with van der Waals surface area (Å²) in [5.41, 5.74) is 1.70. The Morgan fingerprint density at radius 3 is 2.17 bits per heavy atom. The number of hydrogen-bond acceptors (Lipinski definition) is 7. The maximum Gasteiger partial charge on any atom is 0.343 e. The van der Waals surface area contributed by atoms with Crippen LogP contribution < -0.4 is 23.7 Å². The third-order valence-corrected chi connectivity index (χ3v) is 6.12. The molecule has 7 nitrogen and oxygen atoms in total. The van der Waals surface area contributed by atoms with Crippen LogP contribution in [0.1, 0.15) is 31.8 Å². The first-order chi connectivity index (χ1) is 16.8. The minimum atomic E-state index is -0.650. The standard InChI is InChI=1S/C26H20Cl2O7/c1-13-19(35-26(30)15-11-21(31-2)25(33-4)22(12-15)32-3)8-6-16-23(29)20(34-24(13)16)10-14-5-7-17(27)18(28)9-14/h5-12H,1-4H3/b20-10-. The Bertz CT molecular complexity index is 1350. The summed E-state index contributed by atoms with van der Waals surface area (Å²) in [5, 5.41) is 0.770. The van der Waals surface area contributed by atoms with E-state index in [4.69, 9.17) is 46.9 Å². The molecule has 0 atom stereocenters. The van der Waals surface area contributed by atoms with Crippen LogP contribution >= 0.6 is 23.2 Å². The molecule has 0 aliphatic carbocycles. The molecule has 9 heteroatoms. The lowest BCUT2D eigenvalue weighted by Gasteiger charge is -2.14. The molecule has 0 saturated carbocycles. The second-order valence-corrected chi connectivity index (χ2v) is 8.30. The van der Waals surface area contributed by atoms with Crippen molar-refractivity contribution in [1.82, 2.24) is 0 Å². The highest BCUT2D eigenvalue weighted by Crippen LogP contribution is 2.41. The van der Waals surface area contributed by atoms with Crippen LogP contribution in [0.15, 0.2) is 48.2 Å². The Balaban J connectivity index is 1.62. The maximum absolute atomic E-state index is 12.9. The first kappa shape index (κ1) is 24.4. The highest BCUT2D eigenvalue weighted by Gasteiger charge is 2.31. The first-order valence-corrected chi connectivity index (χ1v) is 11.1. The number of rotatable bonds is 6. The molecule has 1 aliphatic heterocycles. The predicted molar refractivity (Wildman–Crippen MR) is 132 cm³/mol. The third-order valence-electron chi connectivity index (χ3n) is 5.38. The van der Waals surface area contributed by atoms with Gasteiger partial charge in [0, 0.05) is 5.56 Å². The molecule has 0 fully saturated rings. The molecule has 0 bridgehead atoms. The number of esters is 1. The molecule has 3 aromatic carbocycles. The van der Waals surface area contributed by atoms with Crippen molar-refractivity contribution in [3.8, 4) is 28.7 Å². The summed E-state index contributed by atoms with van der Waals surface area (Å²) < 4.78 is 27.3. The summed E-state index contributed by atoms with van der Waals surface area (Å²) in [6.07, 6.45) is 1.57. The van der Waals surface area contributed by atoms with Crippen LogP contribution in [0.3, 0.4) is 0 Å². The molecule has 1 heterocycles. The summed E-state index contributed by atoms with van der Waals surface area (Å²) in [5.74, 6) is 0.719. The Morgan fingerprint density at radius 1 is 0.886 bits per heavy atom. The Hall–Kier alpha value is -3.68. The van der Waals surface area contributed by atoms with Crippen LogP contribution in [-0.2, 0) is 0 Å². The second kappa shape index (κ2) is 9.90. The fourth-order valence-electron chi connectivity index (χ4n) is 3.59. The van der Waals surface area contributed by atoms with Crippen LogP contribution in [-0.4, -0.2) is 33.1 Å². The first-order valence-electron chi connectivity index (χ1n) is 10.3. The number of halogens is 2. The van der Waals surface area contributed by atoms with Crippen molar-refractivity contribution in [2.75, 3.05) is 21.3 Å². The lowest BCUT2D eigenvalue weighted by molar-refractivity contribution is 0.0732. The number of Topliss-reactive ketones (excluding diaryl/α,β-unsaturated/α-hetero) is 1. The predicted octanol–water partition coefficient (Wildman–Crippen LogP) is 6.16. The molecule has 4 rings (SSSR count). The van der Waals surface area contributed by atoms with E-state index in [1.54, 1.807) is 43.3 Å². The topological polar surface area (TPSA) is 80.3 Å². The number of carbonyl (C=O) groups is 2. The number of allylic oxidation sites excluding steroid dienone is 1. The van der Waals surface area contributed by atoms with E-state index in [2.05, 4.69) is 0 Å². The molecule has 0 amide bonds. The van der Waals surface area contributed by atoms with E-state index in [9.17, 15) is 9.59 Å². The van der Waals surface area contributed by atoms with Gasteiger partial charge in [-0.05, 0) is 55.0 Å². The largest absolute Gasteiger partial charge is 0.493 e. The van der Waals surface area contributed by atoms with E-state index in [1.807, 2.05) is 0 Å².